The maximum absolute atomic E-state index is 5.89. The van der Waals surface area contributed by atoms with Gasteiger partial charge in [0.2, 0.25) is 0 Å². The molecule has 19 heavy (non-hydrogen) atoms. The monoisotopic (exact) mass is 278 g/mol. The predicted octanol–water partition coefficient (Wildman–Crippen LogP) is 3.02. The first kappa shape index (κ1) is 13.0. The third-order valence-corrected chi connectivity index (χ3v) is 5.11. The minimum Gasteiger partial charge on any atom is -0.384 e. The molecule has 0 bridgehead atoms. The van der Waals surface area contributed by atoms with Gasteiger partial charge in [0.25, 0.3) is 0 Å². The van der Waals surface area contributed by atoms with Crippen LogP contribution in [0.4, 0.5) is 11.6 Å². The van der Waals surface area contributed by atoms with E-state index in [9.17, 15) is 0 Å². The highest BCUT2D eigenvalue weighted by Gasteiger charge is 2.28. The van der Waals surface area contributed by atoms with E-state index in [1.54, 1.807) is 0 Å². The first-order chi connectivity index (χ1) is 9.24. The van der Waals surface area contributed by atoms with Crippen LogP contribution in [0, 0.1) is 0 Å². The normalized spacial score (nSPS) is 27.2. The van der Waals surface area contributed by atoms with Crippen LogP contribution in [-0.2, 0) is 0 Å². The molecule has 0 aliphatic heterocycles. The van der Waals surface area contributed by atoms with Gasteiger partial charge in [-0.15, -0.1) is 0 Å². The number of anilines is 2. The Morgan fingerprint density at radius 2 is 2.11 bits per heavy atom. The molecule has 0 saturated heterocycles. The average molecular weight is 278 g/mol. The topological polar surface area (TPSA) is 63.8 Å². The van der Waals surface area contributed by atoms with Gasteiger partial charge in [0.05, 0.1) is 0 Å². The molecule has 1 aromatic rings. The van der Waals surface area contributed by atoms with Crippen molar-refractivity contribution >= 4 is 23.4 Å². The second-order valence-corrected chi connectivity index (χ2v) is 6.81. The largest absolute Gasteiger partial charge is 0.384 e. The predicted molar refractivity (Wildman–Crippen MR) is 81.6 cm³/mol. The molecule has 0 spiro atoms. The van der Waals surface area contributed by atoms with Crippen LogP contribution < -0.4 is 11.1 Å². The van der Waals surface area contributed by atoms with Crippen molar-refractivity contribution in [3.05, 3.63) is 11.9 Å². The number of aromatic nitrogens is 2. The number of hydrogen-bond acceptors (Lipinski definition) is 5. The van der Waals surface area contributed by atoms with Crippen LogP contribution in [0.5, 0.6) is 0 Å². The highest BCUT2D eigenvalue weighted by molar-refractivity contribution is 7.99. The van der Waals surface area contributed by atoms with E-state index >= 15 is 0 Å². The molecule has 2 unspecified atom stereocenters. The minimum atomic E-state index is 0.535. The molecule has 1 heterocycles. The number of rotatable bonds is 4. The van der Waals surface area contributed by atoms with Crippen LogP contribution in [-0.4, -0.2) is 27.5 Å². The van der Waals surface area contributed by atoms with E-state index in [-0.39, 0.29) is 0 Å². The molecular weight excluding hydrogens is 256 g/mol. The summed E-state index contributed by atoms with van der Waals surface area (Å²) in [5.74, 6) is 2.99. The minimum absolute atomic E-state index is 0.535. The average Bonchev–Trinajstić information content (AvgIpc) is 3.22. The molecule has 5 heteroatoms. The first-order valence-electron chi connectivity index (χ1n) is 7.18. The standard InChI is InChI=1S/C14H22N4S/c1-19-11-4-2-3-10(7-11)16-13-8-12(15)17-14(18-13)9-5-6-9/h8-11H,2-7H2,1H3,(H3,15,16,17,18). The van der Waals surface area contributed by atoms with Gasteiger partial charge in [0.1, 0.15) is 17.5 Å². The van der Waals surface area contributed by atoms with Gasteiger partial charge in [-0.1, -0.05) is 6.42 Å². The lowest BCUT2D eigenvalue weighted by atomic mass is 9.95. The zero-order valence-electron chi connectivity index (χ0n) is 11.4. The summed E-state index contributed by atoms with van der Waals surface area (Å²) in [6.07, 6.45) is 9.74. The van der Waals surface area contributed by atoms with E-state index in [4.69, 9.17) is 5.73 Å². The number of hydrogen-bond donors (Lipinski definition) is 2. The van der Waals surface area contributed by atoms with Crippen molar-refractivity contribution in [2.75, 3.05) is 17.3 Å². The summed E-state index contributed by atoms with van der Waals surface area (Å²) in [6.45, 7) is 0. The van der Waals surface area contributed by atoms with Crippen LogP contribution in [0.2, 0.25) is 0 Å². The van der Waals surface area contributed by atoms with E-state index in [0.717, 1.165) is 16.9 Å². The van der Waals surface area contributed by atoms with Crippen molar-refractivity contribution in [3.63, 3.8) is 0 Å². The van der Waals surface area contributed by atoms with Crippen LogP contribution in [0.1, 0.15) is 50.3 Å². The smallest absolute Gasteiger partial charge is 0.136 e. The van der Waals surface area contributed by atoms with E-state index in [2.05, 4.69) is 21.5 Å². The van der Waals surface area contributed by atoms with Crippen LogP contribution >= 0.6 is 11.8 Å². The Morgan fingerprint density at radius 1 is 1.26 bits per heavy atom. The summed E-state index contributed by atoms with van der Waals surface area (Å²) >= 11 is 1.98. The molecule has 3 rings (SSSR count). The Balaban J connectivity index is 1.68. The third-order valence-electron chi connectivity index (χ3n) is 4.02. The molecule has 2 aliphatic carbocycles. The molecular formula is C14H22N4S. The quantitative estimate of drug-likeness (QED) is 0.886. The Hall–Kier alpha value is -0.970. The lowest BCUT2D eigenvalue weighted by molar-refractivity contribution is 0.472. The van der Waals surface area contributed by atoms with Crippen molar-refractivity contribution in [2.24, 2.45) is 0 Å². The maximum Gasteiger partial charge on any atom is 0.136 e. The molecule has 0 amide bonds. The summed E-state index contributed by atoms with van der Waals surface area (Å²) < 4.78 is 0. The summed E-state index contributed by atoms with van der Waals surface area (Å²) in [5, 5.41) is 4.35. The molecule has 0 radical (unpaired) electrons. The van der Waals surface area contributed by atoms with Crippen molar-refractivity contribution in [3.8, 4) is 0 Å². The van der Waals surface area contributed by atoms with Gasteiger partial charge in [-0.05, 0) is 38.4 Å². The van der Waals surface area contributed by atoms with E-state index in [1.807, 2.05) is 17.8 Å². The van der Waals surface area contributed by atoms with Crippen LogP contribution in [0.15, 0.2) is 6.07 Å². The Bertz CT molecular complexity index is 447. The Labute approximate surface area is 119 Å². The fraction of sp³-hybridized carbons (Fsp3) is 0.714. The molecule has 2 aliphatic rings. The first-order valence-corrected chi connectivity index (χ1v) is 8.47. The van der Waals surface area contributed by atoms with Crippen LogP contribution in [0.3, 0.4) is 0 Å². The number of nitrogens with two attached hydrogens (primary N) is 1. The number of nitrogens with one attached hydrogen (secondary N) is 1. The van der Waals surface area contributed by atoms with Gasteiger partial charge in [0, 0.05) is 23.3 Å². The number of nitrogen functional groups attached to an aromatic ring is 1. The van der Waals surface area contributed by atoms with Gasteiger partial charge in [0.15, 0.2) is 0 Å². The summed E-state index contributed by atoms with van der Waals surface area (Å²) in [6, 6.07) is 2.40. The lowest BCUT2D eigenvalue weighted by Gasteiger charge is -2.29. The second-order valence-electron chi connectivity index (χ2n) is 5.68. The van der Waals surface area contributed by atoms with Gasteiger partial charge in [-0.3, -0.25) is 0 Å². The molecule has 0 aromatic carbocycles. The third kappa shape index (κ3) is 3.32. The summed E-state index contributed by atoms with van der Waals surface area (Å²) in [5.41, 5.74) is 5.89. The summed E-state index contributed by atoms with van der Waals surface area (Å²) in [7, 11) is 0. The van der Waals surface area contributed by atoms with Gasteiger partial charge in [-0.25, -0.2) is 9.97 Å². The Morgan fingerprint density at radius 3 is 2.84 bits per heavy atom. The maximum atomic E-state index is 5.89. The van der Waals surface area contributed by atoms with Gasteiger partial charge in [-0.2, -0.15) is 11.8 Å². The van der Waals surface area contributed by atoms with Crippen molar-refractivity contribution in [1.82, 2.24) is 9.97 Å². The van der Waals surface area contributed by atoms with E-state index < -0.39 is 0 Å². The molecule has 1 aromatic heterocycles. The highest BCUT2D eigenvalue weighted by Crippen LogP contribution is 2.38. The van der Waals surface area contributed by atoms with E-state index in [0.29, 0.717) is 17.8 Å². The van der Waals surface area contributed by atoms with E-state index in [1.165, 1.54) is 38.5 Å². The number of thioether (sulfide) groups is 1. The highest BCUT2D eigenvalue weighted by atomic mass is 32.2. The molecule has 4 nitrogen and oxygen atoms in total. The van der Waals surface area contributed by atoms with Gasteiger partial charge < -0.3 is 11.1 Å². The molecule has 2 saturated carbocycles. The lowest BCUT2D eigenvalue weighted by Crippen LogP contribution is -2.29. The summed E-state index contributed by atoms with van der Waals surface area (Å²) in [4.78, 5) is 8.97. The Kier molecular flexibility index (Phi) is 3.82. The number of nitrogens with zero attached hydrogens (tertiary/aromatic N) is 2. The fourth-order valence-electron chi connectivity index (χ4n) is 2.78. The molecule has 2 fully saturated rings. The van der Waals surface area contributed by atoms with Crippen molar-refractivity contribution < 1.29 is 0 Å². The zero-order valence-corrected chi connectivity index (χ0v) is 12.2. The molecule has 104 valence electrons. The van der Waals surface area contributed by atoms with Gasteiger partial charge >= 0.3 is 0 Å². The molecule has 3 N–H and O–H groups in total. The molecule has 2 atom stereocenters. The SMILES string of the molecule is CSC1CCCC(Nc2cc(N)nc(C3CC3)n2)C1. The second kappa shape index (κ2) is 5.57. The van der Waals surface area contributed by atoms with Crippen LogP contribution in [0.25, 0.3) is 0 Å². The van der Waals surface area contributed by atoms with Crippen molar-refractivity contribution in [1.29, 1.82) is 0 Å². The fourth-order valence-corrected chi connectivity index (χ4v) is 3.61. The zero-order chi connectivity index (χ0) is 13.2. The van der Waals surface area contributed by atoms with Crippen molar-refractivity contribution in [2.45, 2.75) is 55.7 Å².